The Bertz CT molecular complexity index is 748. The number of ether oxygens (including phenoxy) is 2. The third-order valence-electron chi connectivity index (χ3n) is 4.86. The molecule has 25 heavy (non-hydrogen) atoms. The molecular formula is C20H25FN2O2. The number of methoxy groups -OCH3 is 2. The van der Waals surface area contributed by atoms with Crippen molar-refractivity contribution < 1.29 is 13.9 Å². The standard InChI is InChI=1S/C20H25FN2O2/c1-13(22)20-16-11-19(25-3)18(24-2)10-14(16)8-9-23(20)12-15-6-4-5-7-17(15)21/h4-7,10-11,13,20H,8-9,12,22H2,1-3H3. The number of benzene rings is 2. The lowest BCUT2D eigenvalue weighted by Gasteiger charge is -2.40. The first-order chi connectivity index (χ1) is 12.0. The molecule has 1 aliphatic rings. The smallest absolute Gasteiger partial charge is 0.161 e. The molecule has 0 saturated heterocycles. The highest BCUT2D eigenvalue weighted by Gasteiger charge is 2.31. The molecule has 3 rings (SSSR count). The van der Waals surface area contributed by atoms with Crippen molar-refractivity contribution in [3.63, 3.8) is 0 Å². The van der Waals surface area contributed by atoms with Crippen LogP contribution in [0.25, 0.3) is 0 Å². The number of rotatable bonds is 5. The zero-order valence-corrected chi connectivity index (χ0v) is 15.0. The Morgan fingerprint density at radius 3 is 2.52 bits per heavy atom. The van der Waals surface area contributed by atoms with Crippen LogP contribution < -0.4 is 15.2 Å². The molecule has 0 amide bonds. The summed E-state index contributed by atoms with van der Waals surface area (Å²) in [6.45, 7) is 3.35. The van der Waals surface area contributed by atoms with E-state index in [1.54, 1.807) is 20.3 Å². The van der Waals surface area contributed by atoms with Gasteiger partial charge in [0.1, 0.15) is 5.82 Å². The first-order valence-electron chi connectivity index (χ1n) is 8.53. The molecule has 2 unspecified atom stereocenters. The molecule has 0 aliphatic carbocycles. The molecule has 0 radical (unpaired) electrons. The monoisotopic (exact) mass is 344 g/mol. The number of halogens is 1. The zero-order chi connectivity index (χ0) is 18.0. The van der Waals surface area contributed by atoms with Crippen LogP contribution in [0.5, 0.6) is 11.5 Å². The second-order valence-electron chi connectivity index (χ2n) is 6.52. The Kier molecular flexibility index (Phi) is 5.25. The first kappa shape index (κ1) is 17.7. The Balaban J connectivity index is 1.98. The molecule has 2 atom stereocenters. The molecule has 0 bridgehead atoms. The zero-order valence-electron chi connectivity index (χ0n) is 15.0. The van der Waals surface area contributed by atoms with Crippen LogP contribution in [0.15, 0.2) is 36.4 Å². The topological polar surface area (TPSA) is 47.7 Å². The van der Waals surface area contributed by atoms with Gasteiger partial charge in [-0.15, -0.1) is 0 Å². The molecule has 0 saturated carbocycles. The molecule has 2 aromatic rings. The predicted octanol–water partition coefficient (Wildman–Crippen LogP) is 3.29. The van der Waals surface area contributed by atoms with E-state index in [0.29, 0.717) is 17.9 Å². The maximum atomic E-state index is 14.1. The van der Waals surface area contributed by atoms with E-state index in [4.69, 9.17) is 15.2 Å². The van der Waals surface area contributed by atoms with Crippen molar-refractivity contribution in [2.75, 3.05) is 20.8 Å². The summed E-state index contributed by atoms with van der Waals surface area (Å²) in [5, 5.41) is 0. The van der Waals surface area contributed by atoms with Crippen molar-refractivity contribution in [3.05, 3.63) is 58.9 Å². The van der Waals surface area contributed by atoms with Gasteiger partial charge in [0.2, 0.25) is 0 Å². The summed E-state index contributed by atoms with van der Waals surface area (Å²) in [5.41, 5.74) is 9.36. The fourth-order valence-electron chi connectivity index (χ4n) is 3.67. The average molecular weight is 344 g/mol. The lowest BCUT2D eigenvalue weighted by atomic mass is 9.88. The number of nitrogens with zero attached hydrogens (tertiary/aromatic N) is 1. The van der Waals surface area contributed by atoms with Crippen LogP contribution in [-0.2, 0) is 13.0 Å². The van der Waals surface area contributed by atoms with E-state index in [2.05, 4.69) is 4.90 Å². The van der Waals surface area contributed by atoms with Crippen LogP contribution in [0, 0.1) is 5.82 Å². The van der Waals surface area contributed by atoms with Crippen LogP contribution in [0.2, 0.25) is 0 Å². The van der Waals surface area contributed by atoms with Gasteiger partial charge in [-0.05, 0) is 42.7 Å². The molecule has 1 aliphatic heterocycles. The van der Waals surface area contributed by atoms with Gasteiger partial charge in [-0.2, -0.15) is 0 Å². The third kappa shape index (κ3) is 3.48. The van der Waals surface area contributed by atoms with Crippen LogP contribution in [0.3, 0.4) is 0 Å². The van der Waals surface area contributed by atoms with E-state index in [9.17, 15) is 4.39 Å². The maximum Gasteiger partial charge on any atom is 0.161 e. The van der Waals surface area contributed by atoms with Gasteiger partial charge in [-0.3, -0.25) is 4.90 Å². The van der Waals surface area contributed by atoms with E-state index in [1.165, 1.54) is 11.6 Å². The highest BCUT2D eigenvalue weighted by molar-refractivity contribution is 5.49. The van der Waals surface area contributed by atoms with Gasteiger partial charge in [0.25, 0.3) is 0 Å². The number of hydrogen-bond donors (Lipinski definition) is 1. The van der Waals surface area contributed by atoms with Gasteiger partial charge in [0.15, 0.2) is 11.5 Å². The minimum absolute atomic E-state index is 0.00293. The average Bonchev–Trinajstić information content (AvgIpc) is 2.61. The Morgan fingerprint density at radius 1 is 1.20 bits per heavy atom. The van der Waals surface area contributed by atoms with Crippen LogP contribution in [0.4, 0.5) is 4.39 Å². The lowest BCUT2D eigenvalue weighted by Crippen LogP contribution is -2.43. The minimum Gasteiger partial charge on any atom is -0.493 e. The van der Waals surface area contributed by atoms with Crippen molar-refractivity contribution in [1.29, 1.82) is 0 Å². The van der Waals surface area contributed by atoms with Gasteiger partial charge in [-0.1, -0.05) is 18.2 Å². The van der Waals surface area contributed by atoms with E-state index in [1.807, 2.05) is 31.2 Å². The number of fused-ring (bicyclic) bond motifs is 1. The van der Waals surface area contributed by atoms with Crippen molar-refractivity contribution in [2.45, 2.75) is 32.0 Å². The van der Waals surface area contributed by atoms with Gasteiger partial charge < -0.3 is 15.2 Å². The first-order valence-corrected chi connectivity index (χ1v) is 8.53. The Hall–Kier alpha value is -2.11. The normalized spacial score (nSPS) is 18.5. The molecular weight excluding hydrogens is 319 g/mol. The van der Waals surface area contributed by atoms with Crippen molar-refractivity contribution in [2.24, 2.45) is 5.73 Å². The summed E-state index contributed by atoms with van der Waals surface area (Å²) in [6, 6.07) is 10.9. The van der Waals surface area contributed by atoms with E-state index >= 15 is 0 Å². The van der Waals surface area contributed by atoms with Crippen LogP contribution in [0.1, 0.15) is 29.7 Å². The molecule has 2 N–H and O–H groups in total. The van der Waals surface area contributed by atoms with Crippen molar-refractivity contribution in [1.82, 2.24) is 4.90 Å². The molecule has 0 spiro atoms. The fourth-order valence-corrected chi connectivity index (χ4v) is 3.67. The number of nitrogens with two attached hydrogens (primary N) is 1. The Labute approximate surface area is 148 Å². The predicted molar refractivity (Wildman–Crippen MR) is 96.5 cm³/mol. The lowest BCUT2D eigenvalue weighted by molar-refractivity contribution is 0.154. The highest BCUT2D eigenvalue weighted by atomic mass is 19.1. The summed E-state index contributed by atoms with van der Waals surface area (Å²) >= 11 is 0. The minimum atomic E-state index is -0.177. The Morgan fingerprint density at radius 2 is 1.88 bits per heavy atom. The molecule has 5 heteroatoms. The SMILES string of the molecule is COc1cc2c(cc1OC)C(C(C)N)N(Cc1ccccc1F)CC2. The summed E-state index contributed by atoms with van der Waals surface area (Å²) in [4.78, 5) is 2.25. The van der Waals surface area contributed by atoms with Gasteiger partial charge in [0.05, 0.1) is 20.3 Å². The van der Waals surface area contributed by atoms with Crippen molar-refractivity contribution >= 4 is 0 Å². The van der Waals surface area contributed by atoms with E-state index in [0.717, 1.165) is 24.3 Å². The van der Waals surface area contributed by atoms with Gasteiger partial charge >= 0.3 is 0 Å². The maximum absolute atomic E-state index is 14.1. The largest absolute Gasteiger partial charge is 0.493 e. The second-order valence-corrected chi connectivity index (χ2v) is 6.52. The molecule has 0 aromatic heterocycles. The molecule has 4 nitrogen and oxygen atoms in total. The van der Waals surface area contributed by atoms with Crippen molar-refractivity contribution in [3.8, 4) is 11.5 Å². The van der Waals surface area contributed by atoms with E-state index < -0.39 is 0 Å². The fraction of sp³-hybridized carbons (Fsp3) is 0.400. The van der Waals surface area contributed by atoms with Crippen LogP contribution >= 0.6 is 0 Å². The summed E-state index contributed by atoms with van der Waals surface area (Å²) < 4.78 is 25.0. The summed E-state index contributed by atoms with van der Waals surface area (Å²) in [5.74, 6) is 1.25. The third-order valence-corrected chi connectivity index (χ3v) is 4.86. The molecule has 2 aromatic carbocycles. The highest BCUT2D eigenvalue weighted by Crippen LogP contribution is 2.39. The molecule has 1 heterocycles. The van der Waals surface area contributed by atoms with Gasteiger partial charge in [-0.25, -0.2) is 4.39 Å². The van der Waals surface area contributed by atoms with Crippen LogP contribution in [-0.4, -0.2) is 31.7 Å². The molecule has 0 fully saturated rings. The number of hydrogen-bond acceptors (Lipinski definition) is 4. The quantitative estimate of drug-likeness (QED) is 0.904. The summed E-state index contributed by atoms with van der Waals surface area (Å²) in [7, 11) is 3.27. The molecule has 134 valence electrons. The second kappa shape index (κ2) is 7.42. The van der Waals surface area contributed by atoms with Gasteiger partial charge in [0, 0.05) is 24.7 Å². The summed E-state index contributed by atoms with van der Waals surface area (Å²) in [6.07, 6.45) is 0.868. The van der Waals surface area contributed by atoms with E-state index in [-0.39, 0.29) is 17.9 Å².